The molecular formula is C23H23N3O3. The maximum Gasteiger partial charge on any atom is 0.322 e. The summed E-state index contributed by atoms with van der Waals surface area (Å²) in [6.45, 7) is 3.24. The summed E-state index contributed by atoms with van der Waals surface area (Å²) in [5.41, 5.74) is 4.73. The summed E-state index contributed by atoms with van der Waals surface area (Å²) in [5, 5.41) is 12.7. The van der Waals surface area contributed by atoms with Crippen molar-refractivity contribution in [2.45, 2.75) is 19.9 Å². The van der Waals surface area contributed by atoms with Gasteiger partial charge in [0.2, 0.25) is 0 Å². The van der Waals surface area contributed by atoms with Crippen LogP contribution in [0.3, 0.4) is 0 Å². The summed E-state index contributed by atoms with van der Waals surface area (Å²) >= 11 is 0. The zero-order valence-corrected chi connectivity index (χ0v) is 16.3. The number of pyridine rings is 1. The summed E-state index contributed by atoms with van der Waals surface area (Å²) in [4.78, 5) is 19.0. The van der Waals surface area contributed by atoms with Gasteiger partial charge in [0.05, 0.1) is 13.1 Å². The number of aromatic nitrogens is 1. The fraction of sp³-hybridized carbons (Fsp3) is 0.217. The summed E-state index contributed by atoms with van der Waals surface area (Å²) in [7, 11) is 0. The highest BCUT2D eigenvalue weighted by molar-refractivity contribution is 5.90. The predicted molar refractivity (Wildman–Crippen MR) is 111 cm³/mol. The van der Waals surface area contributed by atoms with Gasteiger partial charge in [-0.2, -0.15) is 0 Å². The average molecular weight is 389 g/mol. The Balaban J connectivity index is 1.49. The third kappa shape index (κ3) is 4.48. The first-order chi connectivity index (χ1) is 14.1. The number of carbonyl (C=O) groups is 1. The monoisotopic (exact) mass is 389 g/mol. The normalized spacial score (nSPS) is 13.2. The molecule has 4 rings (SSSR count). The Kier molecular flexibility index (Phi) is 5.33. The van der Waals surface area contributed by atoms with Crippen LogP contribution in [0.5, 0.6) is 11.5 Å². The van der Waals surface area contributed by atoms with E-state index in [2.05, 4.69) is 16.4 Å². The van der Waals surface area contributed by atoms with Crippen LogP contribution in [0.1, 0.15) is 22.4 Å². The molecule has 148 valence electrons. The molecule has 0 unspecified atom stereocenters. The molecule has 0 bridgehead atoms. The molecule has 3 aromatic rings. The van der Waals surface area contributed by atoms with E-state index in [-0.39, 0.29) is 11.8 Å². The van der Waals surface area contributed by atoms with Crippen molar-refractivity contribution in [1.29, 1.82) is 0 Å². The zero-order valence-electron chi connectivity index (χ0n) is 16.3. The summed E-state index contributed by atoms with van der Waals surface area (Å²) < 4.78 is 5.68. The predicted octanol–water partition coefficient (Wildman–Crippen LogP) is 4.11. The molecular weight excluding hydrogens is 366 g/mol. The quantitative estimate of drug-likeness (QED) is 0.707. The number of phenolic OH excluding ortho intramolecular Hbond substituents is 1. The smallest absolute Gasteiger partial charge is 0.322 e. The van der Waals surface area contributed by atoms with Crippen LogP contribution in [0, 0.1) is 6.92 Å². The lowest BCUT2D eigenvalue weighted by molar-refractivity contribution is 0.200. The van der Waals surface area contributed by atoms with Crippen LogP contribution in [-0.4, -0.2) is 34.2 Å². The second-order valence-electron chi connectivity index (χ2n) is 7.14. The maximum absolute atomic E-state index is 12.9. The fourth-order valence-corrected chi connectivity index (χ4v) is 3.35. The van der Waals surface area contributed by atoms with Gasteiger partial charge in [0.15, 0.2) is 0 Å². The molecule has 2 N–H and O–H groups in total. The number of rotatable bonds is 3. The Morgan fingerprint density at radius 1 is 1.21 bits per heavy atom. The van der Waals surface area contributed by atoms with E-state index in [9.17, 15) is 9.90 Å². The number of fused-ring (bicyclic) bond motifs is 1. The Hall–Kier alpha value is -3.54. The van der Waals surface area contributed by atoms with Gasteiger partial charge in [0.1, 0.15) is 18.1 Å². The third-order valence-corrected chi connectivity index (χ3v) is 4.97. The van der Waals surface area contributed by atoms with Crippen molar-refractivity contribution in [1.82, 2.24) is 9.88 Å². The van der Waals surface area contributed by atoms with Gasteiger partial charge in [0, 0.05) is 35.6 Å². The van der Waals surface area contributed by atoms with Gasteiger partial charge in [0.25, 0.3) is 0 Å². The molecule has 0 aliphatic carbocycles. The molecule has 0 spiro atoms. The van der Waals surface area contributed by atoms with Crippen LogP contribution < -0.4 is 10.1 Å². The maximum atomic E-state index is 12.9. The molecule has 1 aliphatic rings. The highest BCUT2D eigenvalue weighted by atomic mass is 16.5. The Morgan fingerprint density at radius 2 is 2.10 bits per heavy atom. The fourth-order valence-electron chi connectivity index (χ4n) is 3.35. The molecule has 2 heterocycles. The van der Waals surface area contributed by atoms with E-state index in [0.29, 0.717) is 31.9 Å². The minimum absolute atomic E-state index is 0.155. The lowest BCUT2D eigenvalue weighted by Gasteiger charge is -2.21. The molecule has 6 heteroatoms. The van der Waals surface area contributed by atoms with Gasteiger partial charge in [-0.25, -0.2) is 4.79 Å². The van der Waals surface area contributed by atoms with Crippen molar-refractivity contribution >= 4 is 11.7 Å². The van der Waals surface area contributed by atoms with Gasteiger partial charge in [-0.3, -0.25) is 4.98 Å². The first-order valence-corrected chi connectivity index (χ1v) is 9.58. The molecule has 0 fully saturated rings. The van der Waals surface area contributed by atoms with Crippen LogP contribution in [0.25, 0.3) is 0 Å². The number of anilines is 1. The number of phenols is 1. The number of hydrogen-bond donors (Lipinski definition) is 2. The molecule has 29 heavy (non-hydrogen) atoms. The number of nitrogens with zero attached hydrogens (tertiary/aromatic N) is 2. The second kappa shape index (κ2) is 8.22. The average Bonchev–Trinajstić information content (AvgIpc) is 2.93. The van der Waals surface area contributed by atoms with Crippen LogP contribution in [-0.2, 0) is 13.0 Å². The third-order valence-electron chi connectivity index (χ3n) is 4.97. The van der Waals surface area contributed by atoms with E-state index in [4.69, 9.17) is 4.74 Å². The van der Waals surface area contributed by atoms with Crippen molar-refractivity contribution in [3.63, 3.8) is 0 Å². The van der Waals surface area contributed by atoms with Crippen LogP contribution in [0.2, 0.25) is 0 Å². The van der Waals surface area contributed by atoms with Crippen molar-refractivity contribution in [3.05, 3.63) is 83.2 Å². The molecule has 6 nitrogen and oxygen atoms in total. The number of benzene rings is 2. The highest BCUT2D eigenvalue weighted by Crippen LogP contribution is 2.28. The van der Waals surface area contributed by atoms with E-state index in [1.807, 2.05) is 37.3 Å². The van der Waals surface area contributed by atoms with Crippen molar-refractivity contribution in [2.75, 3.05) is 18.5 Å². The minimum atomic E-state index is -0.174. The molecule has 0 radical (unpaired) electrons. The van der Waals surface area contributed by atoms with Gasteiger partial charge in [-0.15, -0.1) is 0 Å². The van der Waals surface area contributed by atoms with E-state index in [1.165, 1.54) is 0 Å². The molecule has 2 amide bonds. The summed E-state index contributed by atoms with van der Waals surface area (Å²) in [6.07, 6.45) is 2.49. The first-order valence-electron chi connectivity index (χ1n) is 9.58. The highest BCUT2D eigenvalue weighted by Gasteiger charge is 2.20. The largest absolute Gasteiger partial charge is 0.508 e. The zero-order chi connectivity index (χ0) is 20.2. The Bertz CT molecular complexity index is 1020. The van der Waals surface area contributed by atoms with Gasteiger partial charge >= 0.3 is 6.03 Å². The van der Waals surface area contributed by atoms with Crippen molar-refractivity contribution in [3.8, 4) is 11.5 Å². The standard InChI is InChI=1S/C23H23N3O3/c1-16-5-6-17(12-19-4-2-3-9-24-19)13-21(16)25-23(28)26-10-11-29-22-14-20(27)8-7-18(22)15-26/h2-9,13-14,27H,10-12,15H2,1H3,(H,25,28). The number of amides is 2. The first kappa shape index (κ1) is 18.8. The molecule has 0 saturated heterocycles. The van der Waals surface area contributed by atoms with Crippen LogP contribution in [0.4, 0.5) is 10.5 Å². The van der Waals surface area contributed by atoms with Crippen LogP contribution in [0.15, 0.2) is 60.8 Å². The Labute approximate surface area is 169 Å². The van der Waals surface area contributed by atoms with Gasteiger partial charge in [-0.05, 0) is 48.4 Å². The summed E-state index contributed by atoms with van der Waals surface area (Å²) in [5.74, 6) is 0.774. The van der Waals surface area contributed by atoms with E-state index in [1.54, 1.807) is 29.3 Å². The number of aromatic hydroxyl groups is 1. The summed E-state index contributed by atoms with van der Waals surface area (Å²) in [6, 6.07) is 16.7. The number of hydrogen-bond acceptors (Lipinski definition) is 4. The van der Waals surface area contributed by atoms with Crippen molar-refractivity contribution in [2.24, 2.45) is 0 Å². The molecule has 0 atom stereocenters. The van der Waals surface area contributed by atoms with Gasteiger partial charge in [-0.1, -0.05) is 18.2 Å². The molecule has 0 saturated carbocycles. The van der Waals surface area contributed by atoms with Crippen molar-refractivity contribution < 1.29 is 14.6 Å². The number of urea groups is 1. The minimum Gasteiger partial charge on any atom is -0.508 e. The van der Waals surface area contributed by atoms with Crippen LogP contribution >= 0.6 is 0 Å². The topological polar surface area (TPSA) is 74.7 Å². The molecule has 1 aromatic heterocycles. The Morgan fingerprint density at radius 3 is 2.93 bits per heavy atom. The number of aryl methyl sites for hydroxylation is 1. The lowest BCUT2D eigenvalue weighted by atomic mass is 10.1. The van der Waals surface area contributed by atoms with E-state index in [0.717, 1.165) is 28.1 Å². The van der Waals surface area contributed by atoms with E-state index < -0.39 is 0 Å². The number of nitrogens with one attached hydrogen (secondary N) is 1. The number of carbonyl (C=O) groups excluding carboxylic acids is 1. The molecule has 1 aliphatic heterocycles. The SMILES string of the molecule is Cc1ccc(Cc2ccccn2)cc1NC(=O)N1CCOc2cc(O)ccc2C1. The second-order valence-corrected chi connectivity index (χ2v) is 7.14. The number of ether oxygens (including phenoxy) is 1. The molecule has 2 aromatic carbocycles. The van der Waals surface area contributed by atoms with E-state index >= 15 is 0 Å². The lowest BCUT2D eigenvalue weighted by Crippen LogP contribution is -2.36. The van der Waals surface area contributed by atoms with Gasteiger partial charge < -0.3 is 20.1 Å².